The van der Waals surface area contributed by atoms with Gasteiger partial charge in [0, 0.05) is 62.8 Å². The molecule has 0 bridgehead atoms. The summed E-state index contributed by atoms with van der Waals surface area (Å²) >= 11 is 1.84. The number of thiazole rings is 1. The van der Waals surface area contributed by atoms with Crippen LogP contribution >= 0.6 is 11.3 Å². The van der Waals surface area contributed by atoms with E-state index in [1.807, 2.05) is 35.7 Å². The highest BCUT2D eigenvalue weighted by molar-refractivity contribution is 7.11. The topological polar surface area (TPSA) is 72.3 Å². The molecule has 1 aliphatic carbocycles. The molecule has 146 valence electrons. The van der Waals surface area contributed by atoms with Gasteiger partial charge in [-0.2, -0.15) is 5.10 Å². The standard InChI is InChI=1S/C19H27N5O2S/c1-23-12-14(10-21-23)19-13(8-18(25)24(19)6-7-26-2)9-20-11-17-22-15-4-3-5-16(15)27-17/h10,12-13,19-20H,3-9,11H2,1-2H3/t13-,19+/m0/s1. The van der Waals surface area contributed by atoms with Crippen molar-refractivity contribution in [3.8, 4) is 0 Å². The van der Waals surface area contributed by atoms with Crippen molar-refractivity contribution in [2.75, 3.05) is 26.8 Å². The molecule has 2 aliphatic rings. The third-order valence-corrected chi connectivity index (χ3v) is 6.62. The molecule has 1 amide bonds. The number of nitrogens with one attached hydrogen (secondary N) is 1. The third kappa shape index (κ3) is 3.93. The highest BCUT2D eigenvalue weighted by Gasteiger charge is 2.40. The zero-order valence-electron chi connectivity index (χ0n) is 16.0. The lowest BCUT2D eigenvalue weighted by molar-refractivity contribution is -0.129. The fourth-order valence-electron chi connectivity index (χ4n) is 4.23. The van der Waals surface area contributed by atoms with Crippen molar-refractivity contribution in [1.82, 2.24) is 25.0 Å². The van der Waals surface area contributed by atoms with E-state index >= 15 is 0 Å². The van der Waals surface area contributed by atoms with Gasteiger partial charge >= 0.3 is 0 Å². The van der Waals surface area contributed by atoms with Crippen LogP contribution in [-0.4, -0.2) is 52.4 Å². The van der Waals surface area contributed by atoms with Crippen LogP contribution in [0.2, 0.25) is 0 Å². The number of rotatable bonds is 8. The number of fused-ring (bicyclic) bond motifs is 1. The number of likely N-dealkylation sites (tertiary alicyclic amines) is 1. The van der Waals surface area contributed by atoms with E-state index < -0.39 is 0 Å². The zero-order chi connectivity index (χ0) is 18.8. The molecular weight excluding hydrogens is 362 g/mol. The first-order chi connectivity index (χ1) is 13.2. The lowest BCUT2D eigenvalue weighted by Crippen LogP contribution is -2.33. The minimum absolute atomic E-state index is 0.0511. The van der Waals surface area contributed by atoms with Crippen molar-refractivity contribution in [3.05, 3.63) is 33.5 Å². The van der Waals surface area contributed by atoms with Crippen LogP contribution in [0.25, 0.3) is 0 Å². The summed E-state index contributed by atoms with van der Waals surface area (Å²) in [4.78, 5) is 20.8. The first kappa shape index (κ1) is 18.6. The predicted octanol–water partition coefficient (Wildman–Crippen LogP) is 1.69. The maximum absolute atomic E-state index is 12.6. The number of methoxy groups -OCH3 is 1. The Bertz CT molecular complexity index is 780. The lowest BCUT2D eigenvalue weighted by Gasteiger charge is -2.27. The normalized spacial score (nSPS) is 22.0. The Balaban J connectivity index is 1.42. The summed E-state index contributed by atoms with van der Waals surface area (Å²) in [6.07, 6.45) is 8.01. The molecule has 1 fully saturated rings. The number of carbonyl (C=O) groups excluding carboxylic acids is 1. The Morgan fingerprint density at radius 2 is 2.30 bits per heavy atom. The highest BCUT2D eigenvalue weighted by atomic mass is 32.1. The molecule has 0 radical (unpaired) electrons. The summed E-state index contributed by atoms with van der Waals surface area (Å²) in [7, 11) is 3.58. The molecule has 2 aromatic heterocycles. The highest BCUT2D eigenvalue weighted by Crippen LogP contribution is 2.37. The van der Waals surface area contributed by atoms with E-state index in [1.54, 1.807) is 11.8 Å². The molecule has 1 saturated heterocycles. The number of ether oxygens (including phenoxy) is 1. The Labute approximate surface area is 163 Å². The Morgan fingerprint density at radius 3 is 3.04 bits per heavy atom. The van der Waals surface area contributed by atoms with Crippen molar-refractivity contribution in [3.63, 3.8) is 0 Å². The second-order valence-corrected chi connectivity index (χ2v) is 8.57. The number of carbonyl (C=O) groups is 1. The van der Waals surface area contributed by atoms with Gasteiger partial charge in [0.1, 0.15) is 5.01 Å². The first-order valence-corrected chi connectivity index (χ1v) is 10.4. The SMILES string of the molecule is COCCN1C(=O)C[C@@H](CNCc2nc3c(s2)CCC3)[C@@H]1c1cnn(C)c1. The lowest BCUT2D eigenvalue weighted by atomic mass is 9.95. The van der Waals surface area contributed by atoms with Crippen LogP contribution in [0.3, 0.4) is 0 Å². The van der Waals surface area contributed by atoms with Crippen LogP contribution in [-0.2, 0) is 36.0 Å². The van der Waals surface area contributed by atoms with Gasteiger partial charge in [-0.3, -0.25) is 9.48 Å². The van der Waals surface area contributed by atoms with Crippen molar-refractivity contribution >= 4 is 17.2 Å². The van der Waals surface area contributed by atoms with Gasteiger partial charge in [0.15, 0.2) is 0 Å². The summed E-state index contributed by atoms with van der Waals surface area (Å²) in [5, 5.41) is 9.02. The van der Waals surface area contributed by atoms with Crippen LogP contribution in [0.5, 0.6) is 0 Å². The van der Waals surface area contributed by atoms with Crippen molar-refractivity contribution in [1.29, 1.82) is 0 Å². The molecule has 8 heteroatoms. The average molecular weight is 390 g/mol. The molecule has 0 spiro atoms. The summed E-state index contributed by atoms with van der Waals surface area (Å²) in [5.41, 5.74) is 2.39. The average Bonchev–Trinajstić information content (AvgIpc) is 3.37. The Morgan fingerprint density at radius 1 is 1.41 bits per heavy atom. The van der Waals surface area contributed by atoms with Crippen LogP contribution in [0, 0.1) is 5.92 Å². The van der Waals surface area contributed by atoms with Crippen LogP contribution in [0.1, 0.15) is 40.0 Å². The van der Waals surface area contributed by atoms with Crippen LogP contribution in [0.4, 0.5) is 0 Å². The number of hydrogen-bond acceptors (Lipinski definition) is 6. The molecule has 27 heavy (non-hydrogen) atoms. The Kier molecular flexibility index (Phi) is 5.56. The molecule has 0 aromatic carbocycles. The molecule has 0 saturated carbocycles. The van der Waals surface area contributed by atoms with E-state index in [2.05, 4.69) is 10.4 Å². The second kappa shape index (κ2) is 8.08. The predicted molar refractivity (Wildman–Crippen MR) is 103 cm³/mol. The second-order valence-electron chi connectivity index (χ2n) is 7.40. The Hall–Kier alpha value is -1.77. The van der Waals surface area contributed by atoms with Gasteiger partial charge in [-0.05, 0) is 19.3 Å². The maximum atomic E-state index is 12.6. The molecule has 3 heterocycles. The van der Waals surface area contributed by atoms with Gasteiger partial charge in [-0.25, -0.2) is 4.98 Å². The number of hydrogen-bond donors (Lipinski definition) is 1. The van der Waals surface area contributed by atoms with E-state index in [-0.39, 0.29) is 17.9 Å². The monoisotopic (exact) mass is 389 g/mol. The van der Waals surface area contributed by atoms with Crippen LogP contribution in [0.15, 0.2) is 12.4 Å². The van der Waals surface area contributed by atoms with Gasteiger partial charge in [0.05, 0.1) is 24.5 Å². The first-order valence-electron chi connectivity index (χ1n) is 9.61. The molecule has 7 nitrogen and oxygen atoms in total. The van der Waals surface area contributed by atoms with Gasteiger partial charge < -0.3 is 15.0 Å². The molecule has 4 rings (SSSR count). The van der Waals surface area contributed by atoms with E-state index in [1.165, 1.54) is 23.4 Å². The molecular formula is C19H27N5O2S. The smallest absolute Gasteiger partial charge is 0.223 e. The van der Waals surface area contributed by atoms with E-state index in [9.17, 15) is 4.79 Å². The third-order valence-electron chi connectivity index (χ3n) is 5.46. The fourth-order valence-corrected chi connectivity index (χ4v) is 5.36. The molecule has 1 N–H and O–H groups in total. The largest absolute Gasteiger partial charge is 0.383 e. The molecule has 2 aromatic rings. The number of aromatic nitrogens is 3. The minimum Gasteiger partial charge on any atom is -0.383 e. The van der Waals surface area contributed by atoms with Gasteiger partial charge in [0.2, 0.25) is 5.91 Å². The number of aryl methyl sites for hydroxylation is 3. The van der Waals surface area contributed by atoms with Crippen molar-refractivity contribution < 1.29 is 9.53 Å². The molecule has 0 unspecified atom stereocenters. The summed E-state index contributed by atoms with van der Waals surface area (Å²) in [5.74, 6) is 0.422. The van der Waals surface area contributed by atoms with E-state index in [4.69, 9.17) is 9.72 Å². The fraction of sp³-hybridized carbons (Fsp3) is 0.632. The number of amides is 1. The van der Waals surface area contributed by atoms with Gasteiger partial charge in [-0.1, -0.05) is 0 Å². The quantitative estimate of drug-likeness (QED) is 0.744. The van der Waals surface area contributed by atoms with E-state index in [0.717, 1.165) is 30.1 Å². The summed E-state index contributed by atoms with van der Waals surface area (Å²) in [6.45, 7) is 2.73. The minimum atomic E-state index is 0.0511. The molecule has 1 aliphatic heterocycles. The van der Waals surface area contributed by atoms with Crippen molar-refractivity contribution in [2.45, 2.75) is 38.3 Å². The maximum Gasteiger partial charge on any atom is 0.223 e. The summed E-state index contributed by atoms with van der Waals surface area (Å²) in [6, 6.07) is 0.0511. The van der Waals surface area contributed by atoms with Crippen molar-refractivity contribution in [2.24, 2.45) is 13.0 Å². The van der Waals surface area contributed by atoms with Crippen LogP contribution < -0.4 is 5.32 Å². The summed E-state index contributed by atoms with van der Waals surface area (Å²) < 4.78 is 7.01. The van der Waals surface area contributed by atoms with Gasteiger partial charge in [0.25, 0.3) is 0 Å². The molecule has 2 atom stereocenters. The van der Waals surface area contributed by atoms with E-state index in [0.29, 0.717) is 19.6 Å². The van der Waals surface area contributed by atoms with Gasteiger partial charge in [-0.15, -0.1) is 11.3 Å². The zero-order valence-corrected chi connectivity index (χ0v) is 16.8. The number of nitrogens with zero attached hydrogens (tertiary/aromatic N) is 4.